The summed E-state index contributed by atoms with van der Waals surface area (Å²) < 4.78 is 93.9. The fraction of sp³-hybridized carbons (Fsp3) is 0.231. The molecule has 538 valence electrons. The van der Waals surface area contributed by atoms with Gasteiger partial charge in [0.25, 0.3) is 11.6 Å². The third kappa shape index (κ3) is 17.6. The van der Waals surface area contributed by atoms with Crippen molar-refractivity contribution in [1.82, 2.24) is 20.1 Å². The molecule has 1 fully saturated rings. The molecular formula is C78H74F2IN7O14S2. The third-order valence-corrected chi connectivity index (χ3v) is 19.6. The van der Waals surface area contributed by atoms with E-state index in [2.05, 4.69) is 10.6 Å². The number of thioether (sulfide) groups is 1. The van der Waals surface area contributed by atoms with E-state index in [1.165, 1.54) is 30.9 Å². The smallest absolute Gasteiger partial charge is 0.355 e. The highest BCUT2D eigenvalue weighted by Gasteiger charge is 2.54. The number of carbonyl (C=O) groups excluding carboxylic acids is 4. The summed E-state index contributed by atoms with van der Waals surface area (Å²) in [6.45, 7) is -0.432. The van der Waals surface area contributed by atoms with Crippen molar-refractivity contribution in [2.75, 3.05) is 67.1 Å². The summed E-state index contributed by atoms with van der Waals surface area (Å²) in [5.41, 5.74) is 3.75. The molecule has 12 rings (SSSR count). The molecule has 4 atom stereocenters. The van der Waals surface area contributed by atoms with Crippen LogP contribution in [0.25, 0.3) is 5.65 Å². The fourth-order valence-electron chi connectivity index (χ4n) is 11.9. The van der Waals surface area contributed by atoms with Crippen LogP contribution in [0.15, 0.2) is 263 Å². The first-order valence-corrected chi connectivity index (χ1v) is 35.2. The van der Waals surface area contributed by atoms with Crippen LogP contribution in [0.1, 0.15) is 57.6 Å². The average Bonchev–Trinajstić information content (AvgIpc) is 0.823. The molecule has 0 radical (unpaired) electrons. The molecule has 2 aromatic heterocycles. The number of benzene rings is 7. The van der Waals surface area contributed by atoms with E-state index in [1.54, 1.807) is 97.4 Å². The Morgan fingerprint density at radius 3 is 1.92 bits per heavy atom. The lowest BCUT2D eigenvalue weighted by Gasteiger charge is -2.49. The molecule has 26 heteroatoms. The van der Waals surface area contributed by atoms with Gasteiger partial charge in [-0.15, -0.1) is 11.8 Å². The standard InChI is InChI=1S/C78H73F2N7O14S2.HI/c1-92-42-44-95-51-98-71-63(79)47-62(66(80)72(71)99-52-96-45-43-93-2)70(76(91)100-69(54-22-9-4-10-23-54)55-24-11-5-12-25-55)101-84-103-50-60(81-77(103)83-78(57-27-13-6-14-28-57,58-29-15-7-16-30-58)59-31-17-8-18-32-59)46-64(88)82-67-73(89)87-68(75(90)97-48-53-34-36-61(94-3)37-35-53)56(49-102-74(67)87)26-21-39-86-41-40-85-38-20-19-33-65(85)86;/h4-38,40-41,47,50,67,69-70,74H,39,42-46,48-49,51-52H2,1-3H3,(H-,81,82,83,88);1H/t67-,70?,74?,103?;/m0./s1. The van der Waals surface area contributed by atoms with Crippen molar-refractivity contribution in [3.8, 4) is 17.2 Å². The number of imidazole rings is 1. The van der Waals surface area contributed by atoms with Crippen molar-refractivity contribution < 1.29 is 104 Å². The molecule has 104 heavy (non-hydrogen) atoms. The predicted octanol–water partition coefficient (Wildman–Crippen LogP) is 8.46. The Morgan fingerprint density at radius 2 is 1.33 bits per heavy atom. The van der Waals surface area contributed by atoms with E-state index in [1.807, 2.05) is 149 Å². The zero-order chi connectivity index (χ0) is 71.5. The predicted molar refractivity (Wildman–Crippen MR) is 381 cm³/mol. The number of ether oxygens (including phenoxy) is 9. The SMILES string of the molecule is COCCOCOc1c(F)cc(C(ON=S2C=C(CC(=O)N[C@H]3C(=O)N4C(C(=O)OCc5ccc(OC)cc5)=C(C=CCn5cc[n+]6ccccc56)CSC34)N=C2NC(c2ccccc2)(c2ccccc2)c2ccccc2)C(=O)OC(c2ccccc2)c2ccccc2)c(F)c1OCOCCOC.[I-]. The molecule has 3 aliphatic heterocycles. The first kappa shape index (κ1) is 75.3. The van der Waals surface area contributed by atoms with Gasteiger partial charge in [0.1, 0.15) is 53.9 Å². The van der Waals surface area contributed by atoms with Crippen LogP contribution in [-0.2, 0) is 81.8 Å². The number of aromatic nitrogens is 2. The number of carbonyl (C=O) groups is 4. The number of hydrogen-bond acceptors (Lipinski definition) is 18. The van der Waals surface area contributed by atoms with Gasteiger partial charge >= 0.3 is 11.9 Å². The first-order chi connectivity index (χ1) is 50.5. The van der Waals surface area contributed by atoms with Gasteiger partial charge in [-0.25, -0.2) is 37.2 Å². The maximum Gasteiger partial charge on any atom is 0.355 e. The van der Waals surface area contributed by atoms with E-state index >= 15 is 13.6 Å². The van der Waals surface area contributed by atoms with Crippen molar-refractivity contribution in [2.24, 2.45) is 9.52 Å². The van der Waals surface area contributed by atoms with Gasteiger partial charge in [0.05, 0.1) is 51.9 Å². The number of pyridine rings is 1. The number of methoxy groups -OCH3 is 3. The number of esters is 2. The Morgan fingerprint density at radius 1 is 0.740 bits per heavy atom. The van der Waals surface area contributed by atoms with Crippen LogP contribution < -0.4 is 53.2 Å². The van der Waals surface area contributed by atoms with Gasteiger partial charge in [0.2, 0.25) is 23.5 Å². The molecule has 0 aliphatic carbocycles. The van der Waals surface area contributed by atoms with Gasteiger partial charge in [-0.3, -0.25) is 14.5 Å². The summed E-state index contributed by atoms with van der Waals surface area (Å²) >= 11 is 1.38. The Balaban J connectivity index is 0.0000108. The number of β-lactam (4-membered cyclic amide) rings is 1. The Kier molecular flexibility index (Phi) is 26.4. The van der Waals surface area contributed by atoms with Crippen molar-refractivity contribution in [2.45, 2.75) is 48.7 Å². The Bertz CT molecular complexity index is 4470. The quantitative estimate of drug-likeness (QED) is 0.00576. The average molecular weight is 1560 g/mol. The summed E-state index contributed by atoms with van der Waals surface area (Å²) in [5, 5.41) is 7.62. The summed E-state index contributed by atoms with van der Waals surface area (Å²) in [5.74, 6) is -6.17. The van der Waals surface area contributed by atoms with Crippen LogP contribution in [0.2, 0.25) is 0 Å². The summed E-state index contributed by atoms with van der Waals surface area (Å²) in [6, 6.07) is 59.0. The van der Waals surface area contributed by atoms with E-state index in [-0.39, 0.29) is 79.3 Å². The number of nitrogens with one attached hydrogen (secondary N) is 2. The molecule has 0 spiro atoms. The normalized spacial score (nSPS) is 15.9. The largest absolute Gasteiger partial charge is 1.00 e. The molecule has 3 aliphatic rings. The topological polar surface area (TPSA) is 222 Å². The number of fused-ring (bicyclic) bond motifs is 2. The highest BCUT2D eigenvalue weighted by atomic mass is 127. The van der Waals surface area contributed by atoms with E-state index in [9.17, 15) is 14.4 Å². The molecule has 5 heterocycles. The number of hydrogen-bond donors (Lipinski definition) is 2. The number of rotatable bonds is 33. The van der Waals surface area contributed by atoms with Crippen LogP contribution in [0.5, 0.6) is 17.2 Å². The zero-order valence-corrected chi connectivity index (χ0v) is 60.6. The second-order valence-electron chi connectivity index (χ2n) is 23.5. The molecule has 0 bridgehead atoms. The fourth-order valence-corrected chi connectivity index (χ4v) is 14.5. The van der Waals surface area contributed by atoms with Gasteiger partial charge in [-0.05, 0) is 69.3 Å². The van der Waals surface area contributed by atoms with E-state index in [0.29, 0.717) is 34.6 Å². The lowest BCUT2D eigenvalue weighted by atomic mass is 9.77. The number of aliphatic imine (C=N–C) groups is 1. The molecule has 1 saturated heterocycles. The minimum absolute atomic E-state index is 0. The van der Waals surface area contributed by atoms with Gasteiger partial charge in [0.15, 0.2) is 36.5 Å². The first-order valence-electron chi connectivity index (χ1n) is 32.9. The lowest BCUT2D eigenvalue weighted by Crippen LogP contribution is -3.00. The van der Waals surface area contributed by atoms with Crippen LogP contribution in [0, 0.1) is 11.6 Å². The van der Waals surface area contributed by atoms with Crippen molar-refractivity contribution in [3.63, 3.8) is 0 Å². The Labute approximate surface area is 623 Å². The summed E-state index contributed by atoms with van der Waals surface area (Å²) in [7, 11) is 2.72. The molecule has 2 amide bonds. The maximum atomic E-state index is 17.9. The number of allylic oxidation sites excluding steroid dienone is 2. The molecule has 2 N–H and O–H groups in total. The number of nitrogens with zero attached hydrogens (tertiary/aromatic N) is 5. The van der Waals surface area contributed by atoms with Crippen molar-refractivity contribution >= 4 is 57.0 Å². The molecule has 3 unspecified atom stereocenters. The monoisotopic (exact) mass is 1560 g/mol. The minimum atomic E-state index is -2.21. The second-order valence-corrected chi connectivity index (χ2v) is 26.0. The van der Waals surface area contributed by atoms with Crippen LogP contribution >= 0.6 is 11.8 Å². The number of halogens is 3. The maximum absolute atomic E-state index is 17.9. The summed E-state index contributed by atoms with van der Waals surface area (Å²) in [4.78, 5) is 72.1. The molecule has 0 saturated carbocycles. The van der Waals surface area contributed by atoms with Crippen LogP contribution in [0.4, 0.5) is 8.78 Å². The minimum Gasteiger partial charge on any atom is -1.00 e. The molecule has 21 nitrogen and oxygen atoms in total. The van der Waals surface area contributed by atoms with Crippen molar-refractivity contribution in [3.05, 3.63) is 304 Å². The van der Waals surface area contributed by atoms with E-state index < -0.39 is 112 Å². The van der Waals surface area contributed by atoms with Gasteiger partial charge < -0.3 is 77.2 Å². The number of amidine groups is 1. The summed E-state index contributed by atoms with van der Waals surface area (Å²) in [6.07, 6.45) is 5.82. The van der Waals surface area contributed by atoms with Crippen LogP contribution in [0.3, 0.4) is 0 Å². The van der Waals surface area contributed by atoms with Gasteiger partial charge in [0, 0.05) is 47.7 Å². The van der Waals surface area contributed by atoms with Crippen LogP contribution in [-0.4, -0.2) is 117 Å². The molecule has 7 aromatic carbocycles. The Hall–Kier alpha value is -9.91. The third-order valence-electron chi connectivity index (χ3n) is 16.9. The number of amides is 2. The van der Waals surface area contributed by atoms with E-state index in [0.717, 1.165) is 28.4 Å². The lowest BCUT2D eigenvalue weighted by molar-refractivity contribution is -0.510. The van der Waals surface area contributed by atoms with Crippen molar-refractivity contribution in [1.29, 1.82) is 0 Å². The highest BCUT2D eigenvalue weighted by molar-refractivity contribution is 8.05. The van der Waals surface area contributed by atoms with E-state index in [4.69, 9.17) is 57.0 Å². The zero-order valence-electron chi connectivity index (χ0n) is 56.8. The highest BCUT2D eigenvalue weighted by Crippen LogP contribution is 2.44. The second kappa shape index (κ2) is 36.5. The molecule has 9 aromatic rings. The van der Waals surface area contributed by atoms with Gasteiger partial charge in [-0.1, -0.05) is 180 Å². The van der Waals surface area contributed by atoms with Gasteiger partial charge in [-0.2, -0.15) is 0 Å². The molecular weight excluding hydrogens is 1490 g/mol.